The summed E-state index contributed by atoms with van der Waals surface area (Å²) < 4.78 is 10.8. The Kier molecular flexibility index (Phi) is 33.6. The molecule has 0 aromatic rings. The van der Waals surface area contributed by atoms with Gasteiger partial charge in [0.2, 0.25) is 0 Å². The fraction of sp³-hybridized carbons (Fsp3) is 0.824. The van der Waals surface area contributed by atoms with Gasteiger partial charge in [0.15, 0.2) is 0 Å². The molecule has 0 aromatic heterocycles. The Morgan fingerprint density at radius 2 is 1.38 bits per heavy atom. The third-order valence-corrected chi connectivity index (χ3v) is 3.07. The maximum atomic E-state index is 5.43. The van der Waals surface area contributed by atoms with Crippen LogP contribution in [0, 0.1) is 6.92 Å². The number of ether oxygens (including phenoxy) is 2. The van der Waals surface area contributed by atoms with E-state index in [1.54, 1.807) is 0 Å². The van der Waals surface area contributed by atoms with Gasteiger partial charge in [-0.2, -0.15) is 6.42 Å². The van der Waals surface area contributed by atoms with Gasteiger partial charge in [-0.1, -0.05) is 57.9 Å². The molecule has 0 saturated carbocycles. The third-order valence-electron chi connectivity index (χ3n) is 3.07. The summed E-state index contributed by atoms with van der Waals surface area (Å²) >= 11 is 0. The van der Waals surface area contributed by atoms with Crippen LogP contribution in [-0.2, 0) is 9.47 Å². The minimum absolute atomic E-state index is 0. The average molecular weight is 421 g/mol. The van der Waals surface area contributed by atoms with Crippen LogP contribution in [0.25, 0.3) is 0 Å². The molecule has 0 bridgehead atoms. The molecular formula is C17H33IMgO2. The molecule has 122 valence electrons. The molecule has 21 heavy (non-hydrogen) atoms. The van der Waals surface area contributed by atoms with E-state index in [0.29, 0.717) is 6.79 Å². The first kappa shape index (κ1) is 27.0. The Bertz CT molecular complexity index is 190. The average Bonchev–Trinajstić information content (AvgIpc) is 2.43. The van der Waals surface area contributed by atoms with Crippen LogP contribution in [0.2, 0.25) is 0 Å². The molecule has 2 nitrogen and oxygen atoms in total. The maximum Gasteiger partial charge on any atom is 2.00 e. The topological polar surface area (TPSA) is 18.5 Å². The molecule has 0 spiro atoms. The van der Waals surface area contributed by atoms with Crippen molar-refractivity contribution >= 4 is 23.1 Å². The molecule has 0 amide bonds. The van der Waals surface area contributed by atoms with Crippen LogP contribution in [0.15, 0.2) is 12.2 Å². The van der Waals surface area contributed by atoms with Gasteiger partial charge in [-0.3, -0.25) is 0 Å². The van der Waals surface area contributed by atoms with Crippen molar-refractivity contribution in [1.82, 2.24) is 0 Å². The van der Waals surface area contributed by atoms with Crippen molar-refractivity contribution in [2.75, 3.05) is 20.0 Å². The van der Waals surface area contributed by atoms with E-state index in [2.05, 4.69) is 26.0 Å². The summed E-state index contributed by atoms with van der Waals surface area (Å²) in [6, 6.07) is 0. The van der Waals surface area contributed by atoms with E-state index in [9.17, 15) is 0 Å². The number of hydrogen-bond acceptors (Lipinski definition) is 2. The molecule has 0 radical (unpaired) electrons. The monoisotopic (exact) mass is 420 g/mol. The van der Waals surface area contributed by atoms with Gasteiger partial charge in [-0.15, -0.1) is 6.08 Å². The smallest absolute Gasteiger partial charge is 1.00 e. The Morgan fingerprint density at radius 3 is 2.00 bits per heavy atom. The van der Waals surface area contributed by atoms with Gasteiger partial charge in [0, 0.05) is 6.61 Å². The minimum Gasteiger partial charge on any atom is -1.00 e. The zero-order valence-corrected chi connectivity index (χ0v) is 17.5. The van der Waals surface area contributed by atoms with Crippen molar-refractivity contribution in [1.29, 1.82) is 0 Å². The fourth-order valence-corrected chi connectivity index (χ4v) is 1.90. The quantitative estimate of drug-likeness (QED) is 0.101. The second-order valence-corrected chi connectivity index (χ2v) is 4.96. The molecule has 0 atom stereocenters. The van der Waals surface area contributed by atoms with Crippen molar-refractivity contribution in [3.05, 3.63) is 19.1 Å². The number of unbranched alkanes of at least 4 members (excludes halogenated alkanes) is 7. The van der Waals surface area contributed by atoms with Crippen LogP contribution >= 0.6 is 0 Å². The van der Waals surface area contributed by atoms with Gasteiger partial charge in [0.1, 0.15) is 6.79 Å². The van der Waals surface area contributed by atoms with E-state index >= 15 is 0 Å². The Balaban J connectivity index is -0.00000162. The molecule has 0 aliphatic carbocycles. The first-order chi connectivity index (χ1) is 9.41. The molecule has 0 unspecified atom stereocenters. The molecule has 0 N–H and O–H groups in total. The van der Waals surface area contributed by atoms with E-state index in [-0.39, 0.29) is 47.0 Å². The van der Waals surface area contributed by atoms with Crippen molar-refractivity contribution in [2.45, 2.75) is 71.1 Å². The molecule has 0 aromatic carbocycles. The van der Waals surface area contributed by atoms with Gasteiger partial charge >= 0.3 is 23.1 Å². The van der Waals surface area contributed by atoms with Crippen LogP contribution < -0.4 is 24.0 Å². The van der Waals surface area contributed by atoms with Crippen LogP contribution in [0.5, 0.6) is 0 Å². The van der Waals surface area contributed by atoms with E-state index in [4.69, 9.17) is 9.47 Å². The number of halogens is 1. The predicted molar refractivity (Wildman–Crippen MR) is 88.9 cm³/mol. The van der Waals surface area contributed by atoms with E-state index < -0.39 is 0 Å². The number of hydrogen-bond donors (Lipinski definition) is 0. The Morgan fingerprint density at radius 1 is 0.810 bits per heavy atom. The van der Waals surface area contributed by atoms with Crippen LogP contribution in [-0.4, -0.2) is 43.1 Å². The number of allylic oxidation sites excluding steroid dienone is 1. The van der Waals surface area contributed by atoms with Gasteiger partial charge < -0.3 is 40.4 Å². The summed E-state index contributed by atoms with van der Waals surface area (Å²) in [5.74, 6) is 0. The summed E-state index contributed by atoms with van der Waals surface area (Å²) in [6.07, 6.45) is 16.7. The SMILES string of the molecule is [CH2-]C/C=C/CCOCOCCCCCCCCCC.[I-].[Mg+2]. The normalized spacial score (nSPS) is 10.4. The largest absolute Gasteiger partial charge is 2.00 e. The summed E-state index contributed by atoms with van der Waals surface area (Å²) in [5.41, 5.74) is 0. The van der Waals surface area contributed by atoms with Crippen molar-refractivity contribution in [3.63, 3.8) is 0 Å². The molecule has 0 aliphatic rings. The molecule has 0 heterocycles. The Labute approximate surface area is 166 Å². The van der Waals surface area contributed by atoms with Crippen LogP contribution in [0.3, 0.4) is 0 Å². The molecule has 0 fully saturated rings. The second kappa shape index (κ2) is 26.1. The third kappa shape index (κ3) is 26.4. The van der Waals surface area contributed by atoms with Gasteiger partial charge in [-0.25, -0.2) is 0 Å². The summed E-state index contributed by atoms with van der Waals surface area (Å²) in [6.45, 7) is 8.02. The molecular weight excluding hydrogens is 387 g/mol. The van der Waals surface area contributed by atoms with E-state index in [1.165, 1.54) is 51.4 Å². The minimum atomic E-state index is 0. The first-order valence-electron chi connectivity index (χ1n) is 8.01. The van der Waals surface area contributed by atoms with Crippen molar-refractivity contribution in [2.24, 2.45) is 0 Å². The maximum absolute atomic E-state index is 5.43. The number of rotatable bonds is 15. The molecule has 4 heteroatoms. The van der Waals surface area contributed by atoms with Gasteiger partial charge in [0.05, 0.1) is 6.61 Å². The van der Waals surface area contributed by atoms with Gasteiger partial charge in [0.25, 0.3) is 0 Å². The van der Waals surface area contributed by atoms with E-state index in [1.807, 2.05) is 0 Å². The Hall–Kier alpha value is 1.16. The standard InChI is InChI=1S/C17H33O2.HI.Mg/c1-3-5-7-9-10-11-12-14-16-19-17-18-15-13-8-6-4-2;;/h6,8H,2-5,7,9-17H2,1H3;1H;/q-1;;+2/p-1/b8-6+;;. The second-order valence-electron chi connectivity index (χ2n) is 4.96. The molecule has 0 saturated heterocycles. The van der Waals surface area contributed by atoms with Crippen molar-refractivity contribution in [3.8, 4) is 0 Å². The molecule has 0 aliphatic heterocycles. The molecule has 0 rings (SSSR count). The van der Waals surface area contributed by atoms with Crippen LogP contribution in [0.4, 0.5) is 0 Å². The van der Waals surface area contributed by atoms with Crippen molar-refractivity contribution < 1.29 is 33.5 Å². The first-order valence-corrected chi connectivity index (χ1v) is 8.01. The summed E-state index contributed by atoms with van der Waals surface area (Å²) in [4.78, 5) is 0. The van der Waals surface area contributed by atoms with Crippen LogP contribution in [0.1, 0.15) is 71.1 Å². The van der Waals surface area contributed by atoms with Gasteiger partial charge in [-0.05, 0) is 12.8 Å². The summed E-state index contributed by atoms with van der Waals surface area (Å²) in [7, 11) is 0. The van der Waals surface area contributed by atoms with E-state index in [0.717, 1.165) is 26.1 Å². The zero-order chi connectivity index (χ0) is 14.0. The summed E-state index contributed by atoms with van der Waals surface area (Å²) in [5, 5.41) is 0. The fourth-order valence-electron chi connectivity index (χ4n) is 1.90. The predicted octanol–water partition coefficient (Wildman–Crippen LogP) is 1.91. The zero-order valence-electron chi connectivity index (χ0n) is 14.0.